The molecule has 0 aliphatic heterocycles. The van der Waals surface area contributed by atoms with Crippen LogP contribution in [0.3, 0.4) is 0 Å². The Balaban J connectivity index is 2.26. The molecule has 0 nitrogen and oxygen atoms in total. The number of rotatable bonds is 31. The first-order valence-electron chi connectivity index (χ1n) is 20.4. The van der Waals surface area contributed by atoms with Crippen molar-refractivity contribution >= 4 is 26.5 Å². The van der Waals surface area contributed by atoms with Crippen LogP contribution in [0.2, 0.25) is 0 Å². The number of hydrogen-bond acceptors (Lipinski definition) is 0. The molecule has 0 spiro atoms. The summed E-state index contributed by atoms with van der Waals surface area (Å²) < 4.78 is 0. The third-order valence-electron chi connectivity index (χ3n) is 9.91. The summed E-state index contributed by atoms with van der Waals surface area (Å²) >= 11 is 0. The molecule has 0 radical (unpaired) electrons. The van der Waals surface area contributed by atoms with Gasteiger partial charge in [0.2, 0.25) is 0 Å². The molecule has 0 unspecified atom stereocenters. The lowest BCUT2D eigenvalue weighted by atomic mass is 10.1. The Morgan fingerprint density at radius 2 is 0.543 bits per heavy atom. The maximum atomic E-state index is 2.55. The van der Waals surface area contributed by atoms with Crippen molar-refractivity contribution in [2.24, 2.45) is 0 Å². The molecule has 46 heavy (non-hydrogen) atoms. The highest BCUT2D eigenvalue weighted by Crippen LogP contribution is 2.44. The summed E-state index contributed by atoms with van der Waals surface area (Å²) in [6.45, 7) is 9.34. The molecular formula is C44H76P2. The largest absolute Gasteiger partial charge is 0.0746 e. The predicted octanol–water partition coefficient (Wildman–Crippen LogP) is 15.0. The van der Waals surface area contributed by atoms with Gasteiger partial charge in [-0.3, -0.25) is 0 Å². The van der Waals surface area contributed by atoms with Gasteiger partial charge >= 0.3 is 0 Å². The summed E-state index contributed by atoms with van der Waals surface area (Å²) in [5.41, 5.74) is 3.19. The van der Waals surface area contributed by atoms with Crippen molar-refractivity contribution in [1.82, 2.24) is 0 Å². The van der Waals surface area contributed by atoms with Gasteiger partial charge in [-0.1, -0.05) is 220 Å². The maximum absolute atomic E-state index is 2.55. The summed E-state index contributed by atoms with van der Waals surface area (Å²) in [5.74, 6) is 0. The number of hydrogen-bond donors (Lipinski definition) is 0. The van der Waals surface area contributed by atoms with Crippen LogP contribution in [0.25, 0.3) is 11.1 Å². The molecular weight excluding hydrogens is 590 g/mol. The molecule has 0 saturated carbocycles. The van der Waals surface area contributed by atoms with Gasteiger partial charge in [-0.25, -0.2) is 0 Å². The van der Waals surface area contributed by atoms with Gasteiger partial charge in [0.15, 0.2) is 0 Å². The fraction of sp³-hybridized carbons (Fsp3) is 0.727. The quantitative estimate of drug-likeness (QED) is 0.0555. The van der Waals surface area contributed by atoms with Gasteiger partial charge in [-0.15, -0.1) is 0 Å². The molecule has 0 atom stereocenters. The van der Waals surface area contributed by atoms with E-state index >= 15 is 0 Å². The van der Waals surface area contributed by atoms with E-state index < -0.39 is 0 Å². The van der Waals surface area contributed by atoms with Crippen LogP contribution in [-0.4, -0.2) is 24.6 Å². The van der Waals surface area contributed by atoms with Crippen LogP contribution >= 0.6 is 15.8 Å². The van der Waals surface area contributed by atoms with Gasteiger partial charge in [-0.05, 0) is 72.1 Å². The highest BCUT2D eigenvalue weighted by Gasteiger charge is 2.20. The average molecular weight is 667 g/mol. The Bertz CT molecular complexity index is 843. The first-order valence-corrected chi connectivity index (χ1v) is 23.9. The van der Waals surface area contributed by atoms with Crippen LogP contribution < -0.4 is 10.6 Å². The molecule has 0 fully saturated rings. The van der Waals surface area contributed by atoms with E-state index in [4.69, 9.17) is 0 Å². The molecule has 0 bridgehead atoms. The van der Waals surface area contributed by atoms with Crippen LogP contribution in [0, 0.1) is 0 Å². The number of benzene rings is 2. The lowest BCUT2D eigenvalue weighted by Crippen LogP contribution is -2.16. The standard InChI is InChI=1S/C44H76P2/c1-5-9-13-17-21-29-37-45(38-30-22-18-14-10-6-2)43-35-27-25-33-41(43)42-34-26-28-36-44(42)46(39-31-23-19-15-11-7-3)40-32-24-20-16-12-8-4/h25-28,33-36H,5-24,29-32,37-40H2,1-4H3. The molecule has 2 heteroatoms. The Labute approximate surface area is 291 Å². The number of unbranched alkanes of at least 4 members (excludes halogenated alkanes) is 20. The fourth-order valence-electron chi connectivity index (χ4n) is 6.99. The molecule has 2 aromatic carbocycles. The minimum absolute atomic E-state index is 0.113. The minimum atomic E-state index is -0.113. The zero-order valence-electron chi connectivity index (χ0n) is 31.3. The smallest absolute Gasteiger partial charge is 0.0101 e. The zero-order valence-corrected chi connectivity index (χ0v) is 33.1. The first kappa shape index (κ1) is 41.5. The third kappa shape index (κ3) is 18.2. The SMILES string of the molecule is CCCCCCCCP(CCCCCCCC)c1ccccc1-c1ccccc1P(CCCCCCCC)CCCCCCCC. The fourth-order valence-corrected chi connectivity index (χ4v) is 12.5. The molecule has 0 aliphatic carbocycles. The van der Waals surface area contributed by atoms with Gasteiger partial charge in [-0.2, -0.15) is 0 Å². The molecule has 2 aromatic rings. The van der Waals surface area contributed by atoms with Gasteiger partial charge in [0.1, 0.15) is 0 Å². The molecule has 2 rings (SSSR count). The molecule has 0 amide bonds. The van der Waals surface area contributed by atoms with Crippen molar-refractivity contribution < 1.29 is 0 Å². The Morgan fingerprint density at radius 3 is 0.826 bits per heavy atom. The first-order chi connectivity index (χ1) is 22.8. The summed E-state index contributed by atoms with van der Waals surface area (Å²) in [6.07, 6.45) is 39.6. The normalized spacial score (nSPS) is 11.7. The Kier molecular flexibility index (Phi) is 26.4. The van der Waals surface area contributed by atoms with Crippen molar-refractivity contribution in [2.45, 2.75) is 182 Å². The molecule has 0 aliphatic rings. The summed E-state index contributed by atoms with van der Waals surface area (Å²) in [5, 5.41) is 3.45. The molecule has 0 heterocycles. The van der Waals surface area contributed by atoms with Crippen LogP contribution in [0.4, 0.5) is 0 Å². The van der Waals surface area contributed by atoms with Crippen LogP contribution in [0.15, 0.2) is 48.5 Å². The second kappa shape index (κ2) is 29.2. The second-order valence-electron chi connectivity index (χ2n) is 14.1. The van der Waals surface area contributed by atoms with Crippen molar-refractivity contribution in [3.05, 3.63) is 48.5 Å². The zero-order chi connectivity index (χ0) is 32.9. The van der Waals surface area contributed by atoms with E-state index in [0.717, 1.165) is 0 Å². The van der Waals surface area contributed by atoms with E-state index in [1.807, 2.05) is 0 Å². The van der Waals surface area contributed by atoms with Gasteiger partial charge in [0, 0.05) is 0 Å². The predicted molar refractivity (Wildman–Crippen MR) is 218 cm³/mol. The second-order valence-corrected chi connectivity index (χ2v) is 19.0. The molecule has 262 valence electrons. The van der Waals surface area contributed by atoms with Crippen molar-refractivity contribution in [2.75, 3.05) is 24.6 Å². The topological polar surface area (TPSA) is 0 Å². The van der Waals surface area contributed by atoms with Crippen LogP contribution in [0.1, 0.15) is 182 Å². The van der Waals surface area contributed by atoms with Crippen molar-refractivity contribution in [3.63, 3.8) is 0 Å². The lowest BCUT2D eigenvalue weighted by Gasteiger charge is -2.26. The molecule has 0 N–H and O–H groups in total. The lowest BCUT2D eigenvalue weighted by molar-refractivity contribution is 0.622. The van der Waals surface area contributed by atoms with Crippen molar-refractivity contribution in [3.8, 4) is 11.1 Å². The van der Waals surface area contributed by atoms with Crippen LogP contribution in [-0.2, 0) is 0 Å². The van der Waals surface area contributed by atoms with Gasteiger partial charge < -0.3 is 0 Å². The van der Waals surface area contributed by atoms with E-state index in [-0.39, 0.29) is 15.8 Å². The summed E-state index contributed by atoms with van der Waals surface area (Å²) in [4.78, 5) is 0. The third-order valence-corrected chi connectivity index (χ3v) is 15.5. The van der Waals surface area contributed by atoms with Gasteiger partial charge in [0.25, 0.3) is 0 Å². The van der Waals surface area contributed by atoms with Gasteiger partial charge in [0.05, 0.1) is 0 Å². The summed E-state index contributed by atoms with van der Waals surface area (Å²) in [6, 6.07) is 19.5. The van der Waals surface area contributed by atoms with E-state index in [9.17, 15) is 0 Å². The Morgan fingerprint density at radius 1 is 0.304 bits per heavy atom. The highest BCUT2D eigenvalue weighted by molar-refractivity contribution is 7.66. The maximum Gasteiger partial charge on any atom is -0.0101 e. The van der Waals surface area contributed by atoms with Crippen LogP contribution in [0.5, 0.6) is 0 Å². The van der Waals surface area contributed by atoms with E-state index in [1.54, 1.807) is 21.7 Å². The van der Waals surface area contributed by atoms with E-state index in [0.29, 0.717) is 0 Å². The molecule has 0 aromatic heterocycles. The van der Waals surface area contributed by atoms with Crippen molar-refractivity contribution in [1.29, 1.82) is 0 Å². The minimum Gasteiger partial charge on any atom is -0.0746 e. The summed E-state index contributed by atoms with van der Waals surface area (Å²) in [7, 11) is -0.226. The highest BCUT2D eigenvalue weighted by atomic mass is 31.1. The van der Waals surface area contributed by atoms with E-state index in [2.05, 4.69) is 76.2 Å². The monoisotopic (exact) mass is 667 g/mol. The molecule has 0 saturated heterocycles. The van der Waals surface area contributed by atoms with E-state index in [1.165, 1.54) is 179 Å². The average Bonchev–Trinajstić information content (AvgIpc) is 3.09. The Hall–Kier alpha value is -0.700.